The minimum Gasteiger partial charge on any atom is -0.364 e. The molecule has 7 nitrogen and oxygen atoms in total. The van der Waals surface area contributed by atoms with Crippen LogP contribution in [0.2, 0.25) is 10.2 Å². The van der Waals surface area contributed by atoms with Crippen molar-refractivity contribution in [1.29, 1.82) is 0 Å². The van der Waals surface area contributed by atoms with Crippen molar-refractivity contribution in [2.75, 3.05) is 12.4 Å². The predicted molar refractivity (Wildman–Crippen MR) is 93.1 cm³/mol. The van der Waals surface area contributed by atoms with Crippen molar-refractivity contribution in [3.63, 3.8) is 0 Å². The molecule has 0 saturated carbocycles. The molecule has 0 atom stereocenters. The quantitative estimate of drug-likeness (QED) is 0.751. The topological polar surface area (TPSA) is 110 Å². The Bertz CT molecular complexity index is 811. The largest absolute Gasteiger partial charge is 0.364 e. The molecule has 1 aromatic heterocycles. The predicted octanol–water partition coefficient (Wildman–Crippen LogP) is 2.55. The Balaban J connectivity index is 2.41. The maximum absolute atomic E-state index is 11.6. The van der Waals surface area contributed by atoms with E-state index in [9.17, 15) is 9.59 Å². The van der Waals surface area contributed by atoms with Gasteiger partial charge in [-0.3, -0.25) is 9.59 Å². The summed E-state index contributed by atoms with van der Waals surface area (Å²) in [5, 5.41) is 5.81. The first-order valence-electron chi connectivity index (χ1n) is 7.02. The molecule has 2 rings (SSSR count). The van der Waals surface area contributed by atoms with E-state index in [0.717, 1.165) is 0 Å². The van der Waals surface area contributed by atoms with Gasteiger partial charge in [-0.05, 0) is 24.6 Å². The number of rotatable bonds is 5. The number of nitrogens with zero attached hydrogens (tertiary/aromatic N) is 2. The van der Waals surface area contributed by atoms with Crippen LogP contribution in [-0.4, -0.2) is 28.8 Å². The number of aryl methyl sites for hydroxylation is 1. The Kier molecular flexibility index (Phi) is 5.58. The molecule has 0 spiro atoms. The molecule has 0 radical (unpaired) electrons. The van der Waals surface area contributed by atoms with Crippen LogP contribution >= 0.6 is 23.2 Å². The van der Waals surface area contributed by atoms with Gasteiger partial charge < -0.3 is 16.4 Å². The maximum Gasteiger partial charge on any atom is 0.271 e. The van der Waals surface area contributed by atoms with Gasteiger partial charge in [-0.2, -0.15) is 0 Å². The number of carbonyl (C=O) groups excluding carboxylic acids is 2. The first-order chi connectivity index (χ1) is 11.4. The van der Waals surface area contributed by atoms with Crippen LogP contribution in [0.1, 0.15) is 33.5 Å². The van der Waals surface area contributed by atoms with Gasteiger partial charge in [0.05, 0.1) is 16.3 Å². The highest BCUT2D eigenvalue weighted by Gasteiger charge is 2.17. The summed E-state index contributed by atoms with van der Waals surface area (Å²) in [4.78, 5) is 31.5. The number of benzene rings is 1. The van der Waals surface area contributed by atoms with Gasteiger partial charge in [0, 0.05) is 12.7 Å². The zero-order valence-corrected chi connectivity index (χ0v) is 14.5. The van der Waals surface area contributed by atoms with E-state index in [2.05, 4.69) is 20.6 Å². The summed E-state index contributed by atoms with van der Waals surface area (Å²) in [6.45, 7) is 1.84. The molecule has 24 heavy (non-hydrogen) atoms. The van der Waals surface area contributed by atoms with Crippen molar-refractivity contribution < 1.29 is 9.59 Å². The average molecular weight is 368 g/mol. The third-order valence-corrected chi connectivity index (χ3v) is 3.81. The van der Waals surface area contributed by atoms with E-state index in [-0.39, 0.29) is 27.6 Å². The molecule has 1 aromatic carbocycles. The molecule has 0 fully saturated rings. The van der Waals surface area contributed by atoms with Crippen LogP contribution in [0.15, 0.2) is 18.2 Å². The lowest BCUT2D eigenvalue weighted by molar-refractivity contribution is 0.0961. The number of carbonyl (C=O) groups is 2. The lowest BCUT2D eigenvalue weighted by Crippen LogP contribution is -2.19. The van der Waals surface area contributed by atoms with Crippen LogP contribution in [0.4, 0.5) is 11.5 Å². The summed E-state index contributed by atoms with van der Waals surface area (Å²) in [7, 11) is 1.51. The highest BCUT2D eigenvalue weighted by molar-refractivity contribution is 6.34. The minimum atomic E-state index is -0.732. The van der Waals surface area contributed by atoms with Gasteiger partial charge in [-0.1, -0.05) is 30.1 Å². The Morgan fingerprint density at radius 3 is 2.50 bits per heavy atom. The van der Waals surface area contributed by atoms with Crippen molar-refractivity contribution in [2.24, 2.45) is 5.73 Å². The van der Waals surface area contributed by atoms with E-state index in [0.29, 0.717) is 23.4 Å². The van der Waals surface area contributed by atoms with E-state index in [4.69, 9.17) is 28.9 Å². The Morgan fingerprint density at radius 1 is 1.25 bits per heavy atom. The van der Waals surface area contributed by atoms with Gasteiger partial charge in [0.15, 0.2) is 16.7 Å². The van der Waals surface area contributed by atoms with Crippen LogP contribution in [0.3, 0.4) is 0 Å². The SMILES string of the molecule is CCc1nc(C(N)=O)c(Nc2ccc(C(=O)NC)c(Cl)c2)nc1Cl. The van der Waals surface area contributed by atoms with Gasteiger partial charge in [-0.25, -0.2) is 9.97 Å². The molecule has 2 aromatic rings. The highest BCUT2D eigenvalue weighted by atomic mass is 35.5. The van der Waals surface area contributed by atoms with Crippen LogP contribution in [0.25, 0.3) is 0 Å². The van der Waals surface area contributed by atoms with E-state index < -0.39 is 5.91 Å². The summed E-state index contributed by atoms with van der Waals surface area (Å²) < 4.78 is 0. The molecular formula is C15H15Cl2N5O2. The van der Waals surface area contributed by atoms with E-state index >= 15 is 0 Å². The van der Waals surface area contributed by atoms with E-state index in [1.807, 2.05) is 6.92 Å². The molecule has 126 valence electrons. The second-order valence-electron chi connectivity index (χ2n) is 4.77. The third kappa shape index (κ3) is 3.74. The van der Waals surface area contributed by atoms with Gasteiger partial charge in [0.2, 0.25) is 0 Å². The number of nitrogens with two attached hydrogens (primary N) is 1. The zero-order chi connectivity index (χ0) is 17.9. The van der Waals surface area contributed by atoms with Crippen LogP contribution < -0.4 is 16.4 Å². The molecule has 2 amide bonds. The Labute approximate surface area is 148 Å². The van der Waals surface area contributed by atoms with Gasteiger partial charge in [0.1, 0.15) is 0 Å². The van der Waals surface area contributed by atoms with Crippen LogP contribution in [-0.2, 0) is 6.42 Å². The molecule has 4 N–H and O–H groups in total. The smallest absolute Gasteiger partial charge is 0.271 e. The normalized spacial score (nSPS) is 10.3. The maximum atomic E-state index is 11.6. The second kappa shape index (κ2) is 7.46. The van der Waals surface area contributed by atoms with Gasteiger partial charge in [0.25, 0.3) is 11.8 Å². The summed E-state index contributed by atoms with van der Waals surface area (Å²) >= 11 is 12.1. The molecule has 0 saturated heterocycles. The summed E-state index contributed by atoms with van der Waals surface area (Å²) in [5.74, 6) is -0.919. The monoisotopic (exact) mass is 367 g/mol. The number of hydrogen-bond acceptors (Lipinski definition) is 5. The van der Waals surface area contributed by atoms with Crippen molar-refractivity contribution in [3.8, 4) is 0 Å². The van der Waals surface area contributed by atoms with Gasteiger partial charge in [-0.15, -0.1) is 0 Å². The number of halogens is 2. The molecule has 0 unspecified atom stereocenters. The Morgan fingerprint density at radius 2 is 1.96 bits per heavy atom. The lowest BCUT2D eigenvalue weighted by atomic mass is 10.2. The summed E-state index contributed by atoms with van der Waals surface area (Å²) in [6.07, 6.45) is 0.513. The molecule has 0 aliphatic heterocycles. The fourth-order valence-electron chi connectivity index (χ4n) is 1.98. The molecular weight excluding hydrogens is 353 g/mol. The first-order valence-corrected chi connectivity index (χ1v) is 7.77. The zero-order valence-electron chi connectivity index (χ0n) is 13.0. The molecule has 0 bridgehead atoms. The first kappa shape index (κ1) is 18.0. The number of anilines is 2. The minimum absolute atomic E-state index is 0.0252. The fourth-order valence-corrected chi connectivity index (χ4v) is 2.51. The number of hydrogen-bond donors (Lipinski definition) is 3. The number of amides is 2. The van der Waals surface area contributed by atoms with Crippen molar-refractivity contribution in [2.45, 2.75) is 13.3 Å². The average Bonchev–Trinajstić information content (AvgIpc) is 2.54. The fraction of sp³-hybridized carbons (Fsp3) is 0.200. The molecule has 1 heterocycles. The molecule has 0 aliphatic carbocycles. The van der Waals surface area contributed by atoms with E-state index in [1.54, 1.807) is 12.1 Å². The van der Waals surface area contributed by atoms with E-state index in [1.165, 1.54) is 13.1 Å². The van der Waals surface area contributed by atoms with Crippen molar-refractivity contribution >= 4 is 46.5 Å². The summed E-state index contributed by atoms with van der Waals surface area (Å²) in [6, 6.07) is 4.69. The summed E-state index contributed by atoms with van der Waals surface area (Å²) in [5.41, 5.74) is 6.63. The van der Waals surface area contributed by atoms with Crippen LogP contribution in [0.5, 0.6) is 0 Å². The standard InChI is InChI=1S/C15H15Cl2N5O2/c1-3-10-12(17)22-14(11(21-10)13(18)23)20-7-4-5-8(9(16)6-7)15(24)19-2/h4-6H,3H2,1-2H3,(H2,18,23)(H,19,24)(H,20,22). The Hall–Kier alpha value is -2.38. The number of nitrogens with one attached hydrogen (secondary N) is 2. The van der Waals surface area contributed by atoms with Crippen molar-refractivity contribution in [3.05, 3.63) is 45.3 Å². The van der Waals surface area contributed by atoms with Crippen LogP contribution in [0, 0.1) is 0 Å². The molecule has 0 aliphatic rings. The number of primary amides is 1. The highest BCUT2D eigenvalue weighted by Crippen LogP contribution is 2.26. The molecule has 9 heteroatoms. The number of aromatic nitrogens is 2. The third-order valence-electron chi connectivity index (χ3n) is 3.19. The lowest BCUT2D eigenvalue weighted by Gasteiger charge is -2.12. The van der Waals surface area contributed by atoms with Gasteiger partial charge >= 0.3 is 0 Å². The van der Waals surface area contributed by atoms with Crippen molar-refractivity contribution in [1.82, 2.24) is 15.3 Å². The second-order valence-corrected chi connectivity index (χ2v) is 5.54.